The molecule has 0 spiro atoms. The molecule has 3 nitrogen and oxygen atoms in total. The second-order valence-electron chi connectivity index (χ2n) is 4.19. The van der Waals surface area contributed by atoms with Crippen molar-refractivity contribution in [2.24, 2.45) is 5.92 Å². The van der Waals surface area contributed by atoms with Crippen molar-refractivity contribution in [3.63, 3.8) is 0 Å². The summed E-state index contributed by atoms with van der Waals surface area (Å²) in [6.07, 6.45) is 0. The van der Waals surface area contributed by atoms with Crippen molar-refractivity contribution >= 4 is 17.7 Å². The largest absolute Gasteiger partial charge is 0.344 e. The Morgan fingerprint density at radius 3 is 2.86 bits per heavy atom. The van der Waals surface area contributed by atoms with Gasteiger partial charge in [-0.15, -0.1) is 0 Å². The average Bonchev–Trinajstić information content (AvgIpc) is 2.17. The number of carbonyl (C=O) groups excluding carboxylic acids is 1. The number of carbonyl (C=O) groups is 1. The van der Waals surface area contributed by atoms with E-state index in [-0.39, 0.29) is 11.9 Å². The Kier molecular flexibility index (Phi) is 4.75. The van der Waals surface area contributed by atoms with Crippen molar-refractivity contribution in [3.05, 3.63) is 0 Å². The summed E-state index contributed by atoms with van der Waals surface area (Å²) < 4.78 is 0. The van der Waals surface area contributed by atoms with Gasteiger partial charge in [0.2, 0.25) is 5.91 Å². The highest BCUT2D eigenvalue weighted by Gasteiger charge is 2.23. The fourth-order valence-corrected chi connectivity index (χ4v) is 2.55. The molecule has 14 heavy (non-hydrogen) atoms. The maximum absolute atomic E-state index is 11.9. The van der Waals surface area contributed by atoms with E-state index >= 15 is 0 Å². The molecule has 1 unspecified atom stereocenters. The summed E-state index contributed by atoms with van der Waals surface area (Å²) in [6.45, 7) is 6.07. The summed E-state index contributed by atoms with van der Waals surface area (Å²) in [5.74, 6) is 2.82. The first-order valence-corrected chi connectivity index (χ1v) is 6.33. The van der Waals surface area contributed by atoms with Crippen LogP contribution in [0, 0.1) is 5.92 Å². The predicted molar refractivity (Wildman–Crippen MR) is 61.6 cm³/mol. The zero-order valence-electron chi connectivity index (χ0n) is 9.25. The number of thioether (sulfide) groups is 1. The number of nitrogens with one attached hydrogen (secondary N) is 1. The maximum atomic E-state index is 11.9. The van der Waals surface area contributed by atoms with E-state index in [0.717, 1.165) is 24.6 Å². The van der Waals surface area contributed by atoms with Crippen LogP contribution in [0.4, 0.5) is 0 Å². The van der Waals surface area contributed by atoms with Crippen molar-refractivity contribution in [1.29, 1.82) is 0 Å². The normalized spacial score (nSPS) is 22.4. The third-order valence-electron chi connectivity index (χ3n) is 2.23. The first-order valence-electron chi connectivity index (χ1n) is 5.17. The van der Waals surface area contributed by atoms with E-state index in [9.17, 15) is 4.79 Å². The van der Waals surface area contributed by atoms with Crippen molar-refractivity contribution in [1.82, 2.24) is 10.2 Å². The number of hydrogen-bond donors (Lipinski definition) is 1. The summed E-state index contributed by atoms with van der Waals surface area (Å²) >= 11 is 1.86. The molecule has 1 rings (SSSR count). The second kappa shape index (κ2) is 5.61. The molecular formula is C10H20N2OS. The van der Waals surface area contributed by atoms with E-state index in [2.05, 4.69) is 19.2 Å². The van der Waals surface area contributed by atoms with Gasteiger partial charge in [0.05, 0.1) is 6.04 Å². The Morgan fingerprint density at radius 1 is 1.64 bits per heavy atom. The lowest BCUT2D eigenvalue weighted by atomic mass is 10.2. The van der Waals surface area contributed by atoms with Crippen molar-refractivity contribution in [3.8, 4) is 0 Å². The molecule has 1 atom stereocenters. The molecule has 0 bridgehead atoms. The standard InChI is InChI=1S/C10H20N2OS/c1-8(2)6-12(3)10(13)9-7-14-5-4-11-9/h8-9,11H,4-7H2,1-3H3. The molecule has 1 aliphatic heterocycles. The lowest BCUT2D eigenvalue weighted by molar-refractivity contribution is -0.132. The molecule has 0 aromatic rings. The first-order chi connectivity index (χ1) is 6.61. The van der Waals surface area contributed by atoms with Gasteiger partial charge in [0, 0.05) is 31.6 Å². The topological polar surface area (TPSA) is 32.3 Å². The molecule has 4 heteroatoms. The minimum absolute atomic E-state index is 0.0394. The molecule has 1 heterocycles. The van der Waals surface area contributed by atoms with Crippen LogP contribution >= 0.6 is 11.8 Å². The van der Waals surface area contributed by atoms with Crippen LogP contribution in [0.3, 0.4) is 0 Å². The van der Waals surface area contributed by atoms with E-state index in [0.29, 0.717) is 5.92 Å². The number of hydrogen-bond acceptors (Lipinski definition) is 3. The van der Waals surface area contributed by atoms with Gasteiger partial charge in [0.15, 0.2) is 0 Å². The van der Waals surface area contributed by atoms with Crippen LogP contribution in [0.15, 0.2) is 0 Å². The third-order valence-corrected chi connectivity index (χ3v) is 3.30. The fraction of sp³-hybridized carbons (Fsp3) is 0.900. The lowest BCUT2D eigenvalue weighted by Gasteiger charge is -2.28. The van der Waals surface area contributed by atoms with E-state index < -0.39 is 0 Å². The molecular weight excluding hydrogens is 196 g/mol. The van der Waals surface area contributed by atoms with Gasteiger partial charge in [-0.05, 0) is 5.92 Å². The summed E-state index contributed by atoms with van der Waals surface area (Å²) in [6, 6.07) is 0.0394. The smallest absolute Gasteiger partial charge is 0.240 e. The van der Waals surface area contributed by atoms with Crippen LogP contribution in [0.2, 0.25) is 0 Å². The van der Waals surface area contributed by atoms with Gasteiger partial charge >= 0.3 is 0 Å². The Hall–Kier alpha value is -0.220. The minimum Gasteiger partial charge on any atom is -0.344 e. The first kappa shape index (κ1) is 11.9. The quantitative estimate of drug-likeness (QED) is 0.757. The van der Waals surface area contributed by atoms with Gasteiger partial charge in [-0.1, -0.05) is 13.8 Å². The van der Waals surface area contributed by atoms with Crippen LogP contribution in [0.25, 0.3) is 0 Å². The van der Waals surface area contributed by atoms with Crippen LogP contribution < -0.4 is 5.32 Å². The Morgan fingerprint density at radius 2 is 2.36 bits per heavy atom. The van der Waals surface area contributed by atoms with Crippen LogP contribution in [-0.2, 0) is 4.79 Å². The number of rotatable bonds is 3. The van der Waals surface area contributed by atoms with Crippen LogP contribution in [-0.4, -0.2) is 48.5 Å². The minimum atomic E-state index is 0.0394. The Labute approximate surface area is 90.6 Å². The van der Waals surface area contributed by atoms with E-state index in [1.165, 1.54) is 0 Å². The molecule has 0 aromatic carbocycles. The van der Waals surface area contributed by atoms with Crippen LogP contribution in [0.5, 0.6) is 0 Å². The van der Waals surface area contributed by atoms with E-state index in [1.807, 2.05) is 23.7 Å². The average molecular weight is 216 g/mol. The van der Waals surface area contributed by atoms with Gasteiger partial charge in [-0.25, -0.2) is 0 Å². The molecule has 0 aliphatic carbocycles. The SMILES string of the molecule is CC(C)CN(C)C(=O)C1CSCCN1. The zero-order valence-corrected chi connectivity index (χ0v) is 10.1. The number of amides is 1. The predicted octanol–water partition coefficient (Wildman–Crippen LogP) is 0.806. The second-order valence-corrected chi connectivity index (χ2v) is 5.34. The highest BCUT2D eigenvalue weighted by Crippen LogP contribution is 2.10. The van der Waals surface area contributed by atoms with Crippen molar-refractivity contribution < 1.29 is 4.79 Å². The Bertz CT molecular complexity index is 191. The molecule has 1 fully saturated rings. The summed E-state index contributed by atoms with van der Waals surface area (Å²) in [4.78, 5) is 13.7. The monoisotopic (exact) mass is 216 g/mol. The van der Waals surface area contributed by atoms with Gasteiger partial charge in [-0.3, -0.25) is 4.79 Å². The number of nitrogens with zero attached hydrogens (tertiary/aromatic N) is 1. The van der Waals surface area contributed by atoms with Gasteiger partial charge in [0.25, 0.3) is 0 Å². The molecule has 1 saturated heterocycles. The summed E-state index contributed by atoms with van der Waals surface area (Å²) in [5.41, 5.74) is 0. The lowest BCUT2D eigenvalue weighted by Crippen LogP contribution is -2.50. The van der Waals surface area contributed by atoms with Crippen molar-refractivity contribution in [2.75, 3.05) is 31.6 Å². The van der Waals surface area contributed by atoms with Gasteiger partial charge in [0.1, 0.15) is 0 Å². The van der Waals surface area contributed by atoms with Crippen molar-refractivity contribution in [2.45, 2.75) is 19.9 Å². The zero-order chi connectivity index (χ0) is 10.6. The van der Waals surface area contributed by atoms with E-state index in [1.54, 1.807) is 0 Å². The highest BCUT2D eigenvalue weighted by atomic mass is 32.2. The van der Waals surface area contributed by atoms with Crippen LogP contribution in [0.1, 0.15) is 13.8 Å². The molecule has 82 valence electrons. The summed E-state index contributed by atoms with van der Waals surface area (Å²) in [7, 11) is 1.89. The molecule has 0 aromatic heterocycles. The van der Waals surface area contributed by atoms with E-state index in [4.69, 9.17) is 0 Å². The van der Waals surface area contributed by atoms with Gasteiger partial charge < -0.3 is 10.2 Å². The number of likely N-dealkylation sites (N-methyl/N-ethyl adjacent to an activating group) is 1. The molecule has 1 aliphatic rings. The highest BCUT2D eigenvalue weighted by molar-refractivity contribution is 7.99. The molecule has 0 saturated carbocycles. The van der Waals surface area contributed by atoms with Gasteiger partial charge in [-0.2, -0.15) is 11.8 Å². The fourth-order valence-electron chi connectivity index (χ4n) is 1.63. The Balaban J connectivity index is 2.38. The summed E-state index contributed by atoms with van der Waals surface area (Å²) in [5, 5.41) is 3.26. The molecule has 1 amide bonds. The third kappa shape index (κ3) is 3.50. The molecule has 0 radical (unpaired) electrons. The maximum Gasteiger partial charge on any atom is 0.240 e. The molecule has 1 N–H and O–H groups in total.